The van der Waals surface area contributed by atoms with E-state index in [0.717, 1.165) is 0 Å². The van der Waals surface area contributed by atoms with Crippen molar-refractivity contribution in [1.82, 2.24) is 0 Å². The molecule has 0 aliphatic heterocycles. The predicted octanol–water partition coefficient (Wildman–Crippen LogP) is 3.55. The summed E-state index contributed by atoms with van der Waals surface area (Å²) in [6, 6.07) is 4.21. The molecule has 0 aliphatic rings. The normalized spacial score (nSPS) is 12.5. The van der Waals surface area contributed by atoms with Gasteiger partial charge in [0.15, 0.2) is 5.78 Å². The maximum absolute atomic E-state index is 12.9. The third-order valence-electron chi connectivity index (χ3n) is 2.09. The molecule has 0 saturated heterocycles. The fraction of sp³-hybridized carbons (Fsp3) is 0.364. The molecule has 0 amide bonds. The van der Waals surface area contributed by atoms with E-state index in [2.05, 4.69) is 0 Å². The van der Waals surface area contributed by atoms with Crippen molar-refractivity contribution in [3.05, 3.63) is 35.1 Å². The predicted molar refractivity (Wildman–Crippen MR) is 60.4 cm³/mol. The highest BCUT2D eigenvalue weighted by molar-refractivity contribution is 6.34. The van der Waals surface area contributed by atoms with Crippen molar-refractivity contribution in [2.24, 2.45) is 0 Å². The average Bonchev–Trinajstić information content (AvgIpc) is 2.21. The molecule has 0 aromatic heterocycles. The summed E-state index contributed by atoms with van der Waals surface area (Å²) in [6.45, 7) is 1.61. The van der Waals surface area contributed by atoms with Crippen LogP contribution in [0.15, 0.2) is 18.2 Å². The Morgan fingerprint density at radius 1 is 1.53 bits per heavy atom. The lowest BCUT2D eigenvalue weighted by molar-refractivity contribution is 0.0986. The molecule has 1 nitrogen and oxygen atoms in total. The highest BCUT2D eigenvalue weighted by Gasteiger charge is 2.17. The number of halogens is 3. The standard InChI is InChI=1S/C11H11Cl2FO/c1-7-6-8(2-3-10(7)14)11(15)9(13)4-5-12/h2-3,6,9H,4-5H2,1H3. The first-order valence-corrected chi connectivity index (χ1v) is 5.53. The SMILES string of the molecule is Cc1cc(C(=O)C(Cl)CCCl)ccc1F. The highest BCUT2D eigenvalue weighted by Crippen LogP contribution is 2.15. The molecule has 1 atom stereocenters. The summed E-state index contributed by atoms with van der Waals surface area (Å²) in [5, 5.41) is -0.632. The first kappa shape index (κ1) is 12.5. The molecule has 1 aromatic carbocycles. The van der Waals surface area contributed by atoms with Crippen molar-refractivity contribution < 1.29 is 9.18 Å². The van der Waals surface area contributed by atoms with E-state index in [9.17, 15) is 9.18 Å². The minimum Gasteiger partial charge on any atom is -0.293 e. The molecule has 4 heteroatoms. The van der Waals surface area contributed by atoms with Gasteiger partial charge in [0.2, 0.25) is 0 Å². The van der Waals surface area contributed by atoms with E-state index in [1.54, 1.807) is 6.92 Å². The lowest BCUT2D eigenvalue weighted by Crippen LogP contribution is -2.15. The molecule has 1 unspecified atom stereocenters. The van der Waals surface area contributed by atoms with Gasteiger partial charge in [0, 0.05) is 11.4 Å². The Kier molecular flexibility index (Phi) is 4.55. The zero-order valence-electron chi connectivity index (χ0n) is 8.27. The van der Waals surface area contributed by atoms with Crippen LogP contribution in [-0.2, 0) is 0 Å². The first-order valence-electron chi connectivity index (χ1n) is 4.56. The first-order chi connectivity index (χ1) is 7.06. The second kappa shape index (κ2) is 5.47. The molecule has 0 radical (unpaired) electrons. The molecule has 0 heterocycles. The monoisotopic (exact) mass is 248 g/mol. The van der Waals surface area contributed by atoms with Crippen molar-refractivity contribution in [1.29, 1.82) is 0 Å². The van der Waals surface area contributed by atoms with Crippen LogP contribution in [0, 0.1) is 12.7 Å². The molecule has 0 bridgehead atoms. The van der Waals surface area contributed by atoms with E-state index in [-0.39, 0.29) is 11.6 Å². The fourth-order valence-corrected chi connectivity index (χ4v) is 1.77. The number of aryl methyl sites for hydroxylation is 1. The Morgan fingerprint density at radius 2 is 2.20 bits per heavy atom. The lowest BCUT2D eigenvalue weighted by Gasteiger charge is -2.07. The van der Waals surface area contributed by atoms with Crippen molar-refractivity contribution in [2.45, 2.75) is 18.7 Å². The third kappa shape index (κ3) is 3.18. The maximum atomic E-state index is 12.9. The van der Waals surface area contributed by atoms with Gasteiger partial charge in [-0.05, 0) is 37.1 Å². The van der Waals surface area contributed by atoms with Gasteiger partial charge in [-0.25, -0.2) is 4.39 Å². The third-order valence-corrected chi connectivity index (χ3v) is 2.72. The largest absolute Gasteiger partial charge is 0.293 e. The average molecular weight is 249 g/mol. The molecular formula is C11H11Cl2FO. The van der Waals surface area contributed by atoms with E-state index < -0.39 is 5.38 Å². The van der Waals surface area contributed by atoms with Crippen LogP contribution in [0.2, 0.25) is 0 Å². The zero-order valence-corrected chi connectivity index (χ0v) is 9.78. The van der Waals surface area contributed by atoms with Crippen molar-refractivity contribution in [3.63, 3.8) is 0 Å². The van der Waals surface area contributed by atoms with Crippen LogP contribution in [0.3, 0.4) is 0 Å². The summed E-state index contributed by atoms with van der Waals surface area (Å²) in [5.74, 6) is -0.199. The van der Waals surface area contributed by atoms with Gasteiger partial charge in [0.05, 0.1) is 5.38 Å². The van der Waals surface area contributed by atoms with E-state index >= 15 is 0 Å². The van der Waals surface area contributed by atoms with Crippen molar-refractivity contribution >= 4 is 29.0 Å². The molecule has 0 fully saturated rings. The number of rotatable bonds is 4. The van der Waals surface area contributed by atoms with Crippen LogP contribution >= 0.6 is 23.2 Å². The van der Waals surface area contributed by atoms with Gasteiger partial charge < -0.3 is 0 Å². The molecule has 0 aliphatic carbocycles. The van der Waals surface area contributed by atoms with Crippen LogP contribution in [-0.4, -0.2) is 17.0 Å². The fourth-order valence-electron chi connectivity index (χ4n) is 1.21. The summed E-state index contributed by atoms with van der Waals surface area (Å²) < 4.78 is 12.9. The number of benzene rings is 1. The minimum atomic E-state index is -0.632. The Balaban J connectivity index is 2.87. The smallest absolute Gasteiger partial charge is 0.180 e. The zero-order chi connectivity index (χ0) is 11.4. The Morgan fingerprint density at radius 3 is 2.73 bits per heavy atom. The van der Waals surface area contributed by atoms with E-state index in [1.807, 2.05) is 0 Å². The van der Waals surface area contributed by atoms with Gasteiger partial charge in [-0.3, -0.25) is 4.79 Å². The topological polar surface area (TPSA) is 17.1 Å². The van der Waals surface area contributed by atoms with Crippen LogP contribution in [0.4, 0.5) is 4.39 Å². The maximum Gasteiger partial charge on any atom is 0.180 e. The van der Waals surface area contributed by atoms with Crippen molar-refractivity contribution in [2.75, 3.05) is 5.88 Å². The molecule has 82 valence electrons. The second-order valence-corrected chi connectivity index (χ2v) is 4.18. The number of hydrogen-bond acceptors (Lipinski definition) is 1. The molecule has 0 spiro atoms. The molecular weight excluding hydrogens is 238 g/mol. The van der Waals surface area contributed by atoms with Gasteiger partial charge in [-0.1, -0.05) is 0 Å². The van der Waals surface area contributed by atoms with Crippen LogP contribution in [0.25, 0.3) is 0 Å². The number of hydrogen-bond donors (Lipinski definition) is 0. The van der Waals surface area contributed by atoms with Gasteiger partial charge in [0.1, 0.15) is 5.82 Å². The molecule has 1 rings (SSSR count). The van der Waals surface area contributed by atoms with Gasteiger partial charge in [-0.2, -0.15) is 0 Å². The summed E-state index contributed by atoms with van der Waals surface area (Å²) in [5.41, 5.74) is 0.870. The molecule has 1 aromatic rings. The Hall–Kier alpha value is -0.600. The summed E-state index contributed by atoms with van der Waals surface area (Å²) >= 11 is 11.3. The number of carbonyl (C=O) groups excluding carboxylic acids is 1. The number of alkyl halides is 2. The van der Waals surface area contributed by atoms with Gasteiger partial charge in [-0.15, -0.1) is 23.2 Å². The number of Topliss-reactive ketones (excluding diaryl/α,β-unsaturated/α-hetero) is 1. The highest BCUT2D eigenvalue weighted by atomic mass is 35.5. The van der Waals surface area contributed by atoms with E-state index in [4.69, 9.17) is 23.2 Å². The van der Waals surface area contributed by atoms with Crippen molar-refractivity contribution in [3.8, 4) is 0 Å². The summed E-state index contributed by atoms with van der Waals surface area (Å²) in [6.07, 6.45) is 0.415. The Labute approximate surface area is 98.2 Å². The second-order valence-electron chi connectivity index (χ2n) is 3.27. The van der Waals surface area contributed by atoms with Gasteiger partial charge >= 0.3 is 0 Å². The molecule has 15 heavy (non-hydrogen) atoms. The summed E-state index contributed by atoms with van der Waals surface area (Å²) in [4.78, 5) is 11.7. The lowest BCUT2D eigenvalue weighted by atomic mass is 10.0. The van der Waals surface area contributed by atoms with Gasteiger partial charge in [0.25, 0.3) is 0 Å². The molecule has 0 N–H and O–H groups in total. The van der Waals surface area contributed by atoms with E-state index in [0.29, 0.717) is 23.4 Å². The Bertz CT molecular complexity index is 366. The molecule has 0 saturated carbocycles. The van der Waals surface area contributed by atoms with Crippen LogP contribution in [0.1, 0.15) is 22.3 Å². The number of carbonyl (C=O) groups is 1. The number of ketones is 1. The van der Waals surface area contributed by atoms with E-state index in [1.165, 1.54) is 18.2 Å². The van der Waals surface area contributed by atoms with Crippen LogP contribution in [0.5, 0.6) is 0 Å². The summed E-state index contributed by atoms with van der Waals surface area (Å²) in [7, 11) is 0. The van der Waals surface area contributed by atoms with Crippen LogP contribution < -0.4 is 0 Å². The minimum absolute atomic E-state index is 0.208. The quantitative estimate of drug-likeness (QED) is 0.589.